The van der Waals surface area contributed by atoms with Crippen LogP contribution in [0.3, 0.4) is 0 Å². The van der Waals surface area contributed by atoms with Gasteiger partial charge in [0.15, 0.2) is 5.69 Å². The molecule has 0 aliphatic rings. The fraction of sp³-hybridized carbons (Fsp3) is 0.150. The van der Waals surface area contributed by atoms with Crippen molar-refractivity contribution < 1.29 is 24.4 Å². The number of nitrogens with zero attached hydrogens (tertiary/aromatic N) is 3. The number of aryl methyl sites for hydroxylation is 2. The van der Waals surface area contributed by atoms with Crippen LogP contribution < -0.4 is 10.1 Å². The molecule has 160 valence electrons. The van der Waals surface area contributed by atoms with Gasteiger partial charge in [-0.1, -0.05) is 11.6 Å². The molecule has 0 radical (unpaired) electrons. The molecule has 11 heteroatoms. The SMILES string of the molecule is Cc1cc(Cl)ccc1Oc1cc(NC(=O)c2ccn(CCC(=O)O)n2)cc([N+](=O)[O-])c1. The molecular weight excluding hydrogens is 428 g/mol. The third-order valence-electron chi connectivity index (χ3n) is 4.15. The predicted molar refractivity (Wildman–Crippen MR) is 112 cm³/mol. The number of amides is 1. The van der Waals surface area contributed by atoms with Gasteiger partial charge in [-0.25, -0.2) is 0 Å². The molecule has 0 unspecified atom stereocenters. The average molecular weight is 445 g/mol. The number of aliphatic carboxylic acids is 1. The summed E-state index contributed by atoms with van der Waals surface area (Å²) >= 11 is 5.94. The number of anilines is 1. The van der Waals surface area contributed by atoms with Crippen molar-refractivity contribution in [1.82, 2.24) is 9.78 Å². The molecule has 1 heterocycles. The number of carboxylic acids is 1. The number of hydrogen-bond donors (Lipinski definition) is 2. The maximum atomic E-state index is 12.5. The number of aromatic nitrogens is 2. The summed E-state index contributed by atoms with van der Waals surface area (Å²) in [4.78, 5) is 33.8. The lowest BCUT2D eigenvalue weighted by Crippen LogP contribution is -2.14. The van der Waals surface area contributed by atoms with Crippen molar-refractivity contribution in [3.05, 3.63) is 75.1 Å². The number of carboxylic acid groups (broad SMARTS) is 1. The second kappa shape index (κ2) is 9.26. The molecule has 0 aliphatic heterocycles. The van der Waals surface area contributed by atoms with E-state index in [1.54, 1.807) is 25.1 Å². The minimum atomic E-state index is -0.985. The minimum absolute atomic E-state index is 0.0351. The molecule has 2 aromatic carbocycles. The Balaban J connectivity index is 1.81. The number of carbonyl (C=O) groups is 2. The number of non-ortho nitro benzene ring substituents is 1. The highest BCUT2D eigenvalue weighted by molar-refractivity contribution is 6.30. The van der Waals surface area contributed by atoms with Gasteiger partial charge in [-0.05, 0) is 36.8 Å². The summed E-state index contributed by atoms with van der Waals surface area (Å²) in [5.41, 5.74) is 0.636. The van der Waals surface area contributed by atoms with Crippen LogP contribution in [0.1, 0.15) is 22.5 Å². The zero-order chi connectivity index (χ0) is 22.5. The smallest absolute Gasteiger partial charge is 0.305 e. The lowest BCUT2D eigenvalue weighted by atomic mass is 10.2. The van der Waals surface area contributed by atoms with Gasteiger partial charge in [-0.2, -0.15) is 5.10 Å². The minimum Gasteiger partial charge on any atom is -0.481 e. The lowest BCUT2D eigenvalue weighted by molar-refractivity contribution is -0.384. The van der Waals surface area contributed by atoms with Gasteiger partial charge in [-0.3, -0.25) is 24.4 Å². The third-order valence-corrected chi connectivity index (χ3v) is 4.39. The molecule has 1 aromatic heterocycles. The van der Waals surface area contributed by atoms with Crippen LogP contribution in [-0.4, -0.2) is 31.7 Å². The van der Waals surface area contributed by atoms with Crippen molar-refractivity contribution >= 4 is 34.9 Å². The van der Waals surface area contributed by atoms with Crippen LogP contribution in [-0.2, 0) is 11.3 Å². The number of benzene rings is 2. The molecule has 0 aliphatic carbocycles. The van der Waals surface area contributed by atoms with Crippen LogP contribution in [0, 0.1) is 17.0 Å². The Bertz CT molecular complexity index is 1160. The summed E-state index contributed by atoms with van der Waals surface area (Å²) in [5, 5.41) is 27.1. The Morgan fingerprint density at radius 2 is 2.03 bits per heavy atom. The van der Waals surface area contributed by atoms with Crippen LogP contribution >= 0.6 is 11.6 Å². The van der Waals surface area contributed by atoms with Crippen molar-refractivity contribution in [1.29, 1.82) is 0 Å². The number of hydrogen-bond acceptors (Lipinski definition) is 6. The van der Waals surface area contributed by atoms with E-state index >= 15 is 0 Å². The largest absolute Gasteiger partial charge is 0.481 e. The first-order valence-electron chi connectivity index (χ1n) is 9.01. The first-order valence-corrected chi connectivity index (χ1v) is 9.39. The number of nitrogens with one attached hydrogen (secondary N) is 1. The molecule has 10 nitrogen and oxygen atoms in total. The third kappa shape index (κ3) is 5.80. The highest BCUT2D eigenvalue weighted by Crippen LogP contribution is 2.32. The van der Waals surface area contributed by atoms with Gasteiger partial charge in [0.05, 0.1) is 29.6 Å². The maximum absolute atomic E-state index is 12.5. The predicted octanol–water partition coefficient (Wildman–Crippen LogP) is 4.27. The molecule has 0 saturated heterocycles. The summed E-state index contributed by atoms with van der Waals surface area (Å²) in [6, 6.07) is 10.3. The normalized spacial score (nSPS) is 10.5. The molecule has 0 fully saturated rings. The highest BCUT2D eigenvalue weighted by Gasteiger charge is 2.16. The van der Waals surface area contributed by atoms with Gasteiger partial charge >= 0.3 is 5.97 Å². The fourth-order valence-electron chi connectivity index (χ4n) is 2.69. The van der Waals surface area contributed by atoms with Crippen LogP contribution in [0.25, 0.3) is 0 Å². The van der Waals surface area contributed by atoms with E-state index in [9.17, 15) is 19.7 Å². The standard InChI is InChI=1S/C20H17ClN4O6/c1-12-8-13(21)2-3-18(12)31-16-10-14(9-15(11-16)25(29)30)22-20(28)17-4-6-24(23-17)7-5-19(26)27/h2-4,6,8-11H,5,7H2,1H3,(H,22,28)(H,26,27). The number of carbonyl (C=O) groups excluding carboxylic acids is 1. The van der Waals surface area contributed by atoms with Crippen molar-refractivity contribution in [3.63, 3.8) is 0 Å². The zero-order valence-corrected chi connectivity index (χ0v) is 17.0. The van der Waals surface area contributed by atoms with E-state index in [0.717, 1.165) is 5.56 Å². The van der Waals surface area contributed by atoms with Gasteiger partial charge in [0, 0.05) is 23.4 Å². The Morgan fingerprint density at radius 3 is 2.71 bits per heavy atom. The van der Waals surface area contributed by atoms with Gasteiger partial charge in [0.2, 0.25) is 0 Å². The van der Waals surface area contributed by atoms with Crippen LogP contribution in [0.15, 0.2) is 48.7 Å². The van der Waals surface area contributed by atoms with Gasteiger partial charge in [0.25, 0.3) is 11.6 Å². The summed E-state index contributed by atoms with van der Waals surface area (Å²) < 4.78 is 7.08. The molecule has 0 bridgehead atoms. The number of nitro groups is 1. The zero-order valence-electron chi connectivity index (χ0n) is 16.2. The second-order valence-corrected chi connectivity index (χ2v) is 6.98. The van der Waals surface area contributed by atoms with Crippen molar-refractivity contribution in [2.45, 2.75) is 19.9 Å². The monoisotopic (exact) mass is 444 g/mol. The van der Waals surface area contributed by atoms with Crippen molar-refractivity contribution in [2.75, 3.05) is 5.32 Å². The molecule has 0 spiro atoms. The average Bonchev–Trinajstić information content (AvgIpc) is 3.17. The molecular formula is C20H17ClN4O6. The summed E-state index contributed by atoms with van der Waals surface area (Å²) in [7, 11) is 0. The van der Waals surface area contributed by atoms with Crippen molar-refractivity contribution in [2.24, 2.45) is 0 Å². The Hall–Kier alpha value is -3.92. The summed E-state index contributed by atoms with van der Waals surface area (Å²) in [6.07, 6.45) is 1.33. The summed E-state index contributed by atoms with van der Waals surface area (Å²) in [6.45, 7) is 1.89. The molecule has 2 N–H and O–H groups in total. The van der Waals surface area contributed by atoms with E-state index in [1.807, 2.05) is 0 Å². The molecule has 3 aromatic rings. The number of halogens is 1. The number of rotatable bonds is 8. The molecule has 0 atom stereocenters. The van der Waals surface area contributed by atoms with Crippen molar-refractivity contribution in [3.8, 4) is 11.5 Å². The van der Waals surface area contributed by atoms with E-state index < -0.39 is 16.8 Å². The number of nitro benzene ring substituents is 1. The van der Waals surface area contributed by atoms with E-state index in [1.165, 1.54) is 35.1 Å². The van der Waals surface area contributed by atoms with E-state index in [2.05, 4.69) is 10.4 Å². The molecule has 3 rings (SSSR count). The Morgan fingerprint density at radius 1 is 1.26 bits per heavy atom. The lowest BCUT2D eigenvalue weighted by Gasteiger charge is -2.11. The first kappa shape index (κ1) is 21.8. The summed E-state index contributed by atoms with van der Waals surface area (Å²) in [5.74, 6) is -0.981. The topological polar surface area (TPSA) is 137 Å². The van der Waals surface area contributed by atoms with Crippen LogP contribution in [0.5, 0.6) is 11.5 Å². The molecule has 1 amide bonds. The van der Waals surface area contributed by atoms with Crippen LogP contribution in [0.4, 0.5) is 11.4 Å². The van der Waals surface area contributed by atoms with E-state index in [0.29, 0.717) is 10.8 Å². The Labute approximate surface area is 181 Å². The molecule has 31 heavy (non-hydrogen) atoms. The number of ether oxygens (including phenoxy) is 1. The fourth-order valence-corrected chi connectivity index (χ4v) is 2.91. The van der Waals surface area contributed by atoms with Crippen LogP contribution in [0.2, 0.25) is 5.02 Å². The van der Waals surface area contributed by atoms with E-state index in [4.69, 9.17) is 21.4 Å². The first-order chi connectivity index (χ1) is 14.7. The van der Waals surface area contributed by atoms with Gasteiger partial charge in [0.1, 0.15) is 11.5 Å². The second-order valence-electron chi connectivity index (χ2n) is 6.55. The quantitative estimate of drug-likeness (QED) is 0.391. The maximum Gasteiger partial charge on any atom is 0.305 e. The Kier molecular flexibility index (Phi) is 6.51. The highest BCUT2D eigenvalue weighted by atomic mass is 35.5. The van der Waals surface area contributed by atoms with E-state index in [-0.39, 0.29) is 35.8 Å². The molecule has 0 saturated carbocycles. The van der Waals surface area contributed by atoms with Gasteiger partial charge in [-0.15, -0.1) is 0 Å². The van der Waals surface area contributed by atoms with Gasteiger partial charge < -0.3 is 15.2 Å².